The molecule has 2 nitrogen and oxygen atoms in total. The molecule has 0 aliphatic carbocycles. The topological polar surface area (TPSA) is 33.0 Å². The Kier molecular flexibility index (Phi) is 4.24. The Hall–Kier alpha value is -1.79. The fraction of sp³-hybridized carbons (Fsp3) is 0.188. The number of rotatable bonds is 3. The minimum absolute atomic E-state index is 0.499. The van der Waals surface area contributed by atoms with Crippen LogP contribution in [-0.2, 0) is 6.61 Å². The molecular formula is C16H14BrNO. The van der Waals surface area contributed by atoms with Crippen molar-refractivity contribution in [3.8, 4) is 11.8 Å². The summed E-state index contributed by atoms with van der Waals surface area (Å²) in [4.78, 5) is 0. The first-order valence-electron chi connectivity index (χ1n) is 5.99. The molecule has 0 saturated carbocycles. The van der Waals surface area contributed by atoms with Crippen molar-refractivity contribution < 1.29 is 4.74 Å². The van der Waals surface area contributed by atoms with E-state index in [-0.39, 0.29) is 0 Å². The van der Waals surface area contributed by atoms with Gasteiger partial charge in [0, 0.05) is 0 Å². The number of halogens is 1. The molecule has 0 spiro atoms. The Morgan fingerprint density at radius 3 is 2.58 bits per heavy atom. The van der Waals surface area contributed by atoms with Crippen molar-refractivity contribution in [2.45, 2.75) is 20.5 Å². The molecule has 0 saturated heterocycles. The summed E-state index contributed by atoms with van der Waals surface area (Å²) in [6.45, 7) is 4.53. The first-order valence-corrected chi connectivity index (χ1v) is 6.78. The fourth-order valence-corrected chi connectivity index (χ4v) is 2.41. The van der Waals surface area contributed by atoms with Crippen LogP contribution in [0.15, 0.2) is 40.9 Å². The van der Waals surface area contributed by atoms with Crippen LogP contribution < -0.4 is 4.74 Å². The maximum Gasteiger partial charge on any atom is 0.134 e. The van der Waals surface area contributed by atoms with Crippen LogP contribution >= 0.6 is 15.9 Å². The number of hydrogen-bond acceptors (Lipinski definition) is 2. The third-order valence-electron chi connectivity index (χ3n) is 2.94. The average molecular weight is 316 g/mol. The lowest BCUT2D eigenvalue weighted by molar-refractivity contribution is 0.303. The molecule has 0 aromatic heterocycles. The van der Waals surface area contributed by atoms with Gasteiger partial charge in [-0.15, -0.1) is 0 Å². The van der Waals surface area contributed by atoms with Crippen molar-refractivity contribution >= 4 is 15.9 Å². The molecule has 0 radical (unpaired) electrons. The van der Waals surface area contributed by atoms with Crippen molar-refractivity contribution in [2.75, 3.05) is 0 Å². The van der Waals surface area contributed by atoms with E-state index in [1.165, 1.54) is 5.56 Å². The monoisotopic (exact) mass is 315 g/mol. The molecule has 3 heteroatoms. The highest BCUT2D eigenvalue weighted by Gasteiger charge is 2.04. The molecule has 0 fully saturated rings. The predicted molar refractivity (Wildman–Crippen MR) is 79.1 cm³/mol. The van der Waals surface area contributed by atoms with Gasteiger partial charge >= 0.3 is 0 Å². The summed E-state index contributed by atoms with van der Waals surface area (Å²) in [6, 6.07) is 13.8. The molecule has 96 valence electrons. The number of nitriles is 1. The van der Waals surface area contributed by atoms with Crippen LogP contribution in [0.5, 0.6) is 5.75 Å². The van der Waals surface area contributed by atoms with Gasteiger partial charge in [-0.2, -0.15) is 5.26 Å². The Morgan fingerprint density at radius 2 is 1.95 bits per heavy atom. The molecule has 0 heterocycles. The number of benzene rings is 2. The summed E-state index contributed by atoms with van der Waals surface area (Å²) in [5.74, 6) is 0.828. The summed E-state index contributed by atoms with van der Waals surface area (Å²) in [7, 11) is 0. The molecule has 0 atom stereocenters. The second-order valence-electron chi connectivity index (χ2n) is 4.48. The van der Waals surface area contributed by atoms with Gasteiger partial charge in [0.15, 0.2) is 0 Å². The second-order valence-corrected chi connectivity index (χ2v) is 5.33. The first kappa shape index (κ1) is 13.6. The summed E-state index contributed by atoms with van der Waals surface area (Å²) in [5, 5.41) is 8.84. The molecule has 0 amide bonds. The molecule has 0 bridgehead atoms. The fourth-order valence-electron chi connectivity index (χ4n) is 1.81. The molecule has 0 aliphatic rings. The molecule has 0 aliphatic heterocycles. The van der Waals surface area contributed by atoms with E-state index in [1.54, 1.807) is 0 Å². The van der Waals surface area contributed by atoms with Crippen LogP contribution in [0, 0.1) is 25.2 Å². The van der Waals surface area contributed by atoms with Crippen LogP contribution in [-0.4, -0.2) is 0 Å². The van der Waals surface area contributed by atoms with Crippen LogP contribution in [0.4, 0.5) is 0 Å². The van der Waals surface area contributed by atoms with Crippen LogP contribution in [0.1, 0.15) is 22.3 Å². The Morgan fingerprint density at radius 1 is 1.16 bits per heavy atom. The molecular weight excluding hydrogens is 302 g/mol. The summed E-state index contributed by atoms with van der Waals surface area (Å²) in [6.07, 6.45) is 0. The summed E-state index contributed by atoms with van der Waals surface area (Å²) >= 11 is 3.49. The molecule has 19 heavy (non-hydrogen) atoms. The largest absolute Gasteiger partial charge is 0.488 e. The van der Waals surface area contributed by atoms with E-state index in [2.05, 4.69) is 22.0 Å². The van der Waals surface area contributed by atoms with Crippen molar-refractivity contribution in [3.05, 3.63) is 63.1 Å². The van der Waals surface area contributed by atoms with Crippen molar-refractivity contribution in [2.24, 2.45) is 0 Å². The van der Waals surface area contributed by atoms with E-state index in [0.29, 0.717) is 12.2 Å². The van der Waals surface area contributed by atoms with Gasteiger partial charge < -0.3 is 4.74 Å². The normalized spacial score (nSPS) is 10.0. The molecule has 2 aromatic carbocycles. The smallest absolute Gasteiger partial charge is 0.134 e. The quantitative estimate of drug-likeness (QED) is 0.834. The minimum atomic E-state index is 0.499. The zero-order chi connectivity index (χ0) is 13.8. The number of nitrogens with zero attached hydrogens (tertiary/aromatic N) is 1. The number of ether oxygens (including phenoxy) is 1. The van der Waals surface area contributed by atoms with Crippen LogP contribution in [0.3, 0.4) is 0 Å². The van der Waals surface area contributed by atoms with Crippen molar-refractivity contribution in [1.82, 2.24) is 0 Å². The zero-order valence-electron chi connectivity index (χ0n) is 10.9. The Bertz CT molecular complexity index is 644. The van der Waals surface area contributed by atoms with E-state index in [9.17, 15) is 0 Å². The molecule has 0 unspecified atom stereocenters. The number of hydrogen-bond donors (Lipinski definition) is 0. The second kappa shape index (κ2) is 5.90. The SMILES string of the molecule is Cc1ccc(OCc2ccc(C#N)cc2C)c(Br)c1. The maximum absolute atomic E-state index is 8.84. The van der Waals surface area contributed by atoms with Crippen LogP contribution in [0.2, 0.25) is 0 Å². The maximum atomic E-state index is 8.84. The lowest BCUT2D eigenvalue weighted by Crippen LogP contribution is -1.99. The van der Waals surface area contributed by atoms with Gasteiger partial charge in [-0.25, -0.2) is 0 Å². The Balaban J connectivity index is 2.13. The predicted octanol–water partition coefficient (Wildman–Crippen LogP) is 4.52. The highest BCUT2D eigenvalue weighted by Crippen LogP contribution is 2.26. The lowest BCUT2D eigenvalue weighted by atomic mass is 10.1. The third kappa shape index (κ3) is 3.36. The molecule has 0 N–H and O–H groups in total. The van der Waals surface area contributed by atoms with Gasteiger partial charge in [-0.1, -0.05) is 12.1 Å². The van der Waals surface area contributed by atoms with Crippen LogP contribution in [0.25, 0.3) is 0 Å². The van der Waals surface area contributed by atoms with Gasteiger partial charge in [-0.3, -0.25) is 0 Å². The summed E-state index contributed by atoms with van der Waals surface area (Å²) in [5.41, 5.74) is 4.03. The van der Waals surface area contributed by atoms with Crippen molar-refractivity contribution in [1.29, 1.82) is 5.26 Å². The zero-order valence-corrected chi connectivity index (χ0v) is 12.5. The van der Waals surface area contributed by atoms with Crippen molar-refractivity contribution in [3.63, 3.8) is 0 Å². The standard InChI is InChI=1S/C16H14BrNO/c1-11-3-6-16(15(17)7-11)19-10-14-5-4-13(9-18)8-12(14)2/h3-8H,10H2,1-2H3. The van der Waals surface area contributed by atoms with Gasteiger partial charge in [0.1, 0.15) is 12.4 Å². The number of aryl methyl sites for hydroxylation is 2. The summed E-state index contributed by atoms with van der Waals surface area (Å²) < 4.78 is 6.76. The first-order chi connectivity index (χ1) is 9.10. The third-order valence-corrected chi connectivity index (χ3v) is 3.56. The van der Waals surface area contributed by atoms with Gasteiger partial charge in [0.25, 0.3) is 0 Å². The molecule has 2 aromatic rings. The highest BCUT2D eigenvalue weighted by atomic mass is 79.9. The minimum Gasteiger partial charge on any atom is -0.488 e. The van der Waals surface area contributed by atoms with Gasteiger partial charge in [0.2, 0.25) is 0 Å². The van der Waals surface area contributed by atoms with E-state index in [4.69, 9.17) is 10.00 Å². The lowest BCUT2D eigenvalue weighted by Gasteiger charge is -2.11. The van der Waals surface area contributed by atoms with E-state index in [0.717, 1.165) is 21.3 Å². The van der Waals surface area contributed by atoms with E-state index >= 15 is 0 Å². The van der Waals surface area contributed by atoms with Gasteiger partial charge in [0.05, 0.1) is 16.1 Å². The average Bonchev–Trinajstić information content (AvgIpc) is 2.39. The van der Waals surface area contributed by atoms with E-state index in [1.807, 2.05) is 50.2 Å². The Labute approximate surface area is 121 Å². The van der Waals surface area contributed by atoms with Gasteiger partial charge in [-0.05, 0) is 70.7 Å². The van der Waals surface area contributed by atoms with E-state index < -0.39 is 0 Å². The molecule has 2 rings (SSSR count). The highest BCUT2D eigenvalue weighted by molar-refractivity contribution is 9.10.